The molecule has 2 aromatic rings. The zero-order chi connectivity index (χ0) is 31.1. The van der Waals surface area contributed by atoms with Gasteiger partial charge in [-0.2, -0.15) is 0 Å². The van der Waals surface area contributed by atoms with Crippen LogP contribution in [0.2, 0.25) is 0 Å². The molecule has 4 saturated heterocycles. The molecule has 4 aliphatic heterocycles. The van der Waals surface area contributed by atoms with Crippen LogP contribution in [0, 0.1) is 0 Å². The van der Waals surface area contributed by atoms with E-state index in [9.17, 15) is 9.59 Å². The summed E-state index contributed by atoms with van der Waals surface area (Å²) < 4.78 is 0. The first-order valence-corrected chi connectivity index (χ1v) is 17.5. The molecule has 2 aromatic carbocycles. The topological polar surface area (TPSA) is 85.1 Å². The van der Waals surface area contributed by atoms with Gasteiger partial charge in [-0.3, -0.25) is 9.59 Å². The van der Waals surface area contributed by atoms with Gasteiger partial charge in [-0.25, -0.2) is 0 Å². The van der Waals surface area contributed by atoms with Crippen LogP contribution in [-0.4, -0.2) is 142 Å². The molecule has 0 aromatic heterocycles. The highest BCUT2D eigenvalue weighted by Crippen LogP contribution is 2.31. The maximum Gasteiger partial charge on any atom is 0.260 e. The summed E-state index contributed by atoms with van der Waals surface area (Å²) in [4.78, 5) is 39.4. The summed E-state index contributed by atoms with van der Waals surface area (Å²) in [5, 5.41) is 0. The average molecular weight is 726 g/mol. The van der Waals surface area contributed by atoms with Crippen molar-refractivity contribution in [1.82, 2.24) is 19.6 Å². The van der Waals surface area contributed by atoms with E-state index in [1.54, 1.807) is 33.3 Å². The first-order valence-electron chi connectivity index (χ1n) is 15.5. The van der Waals surface area contributed by atoms with Gasteiger partial charge in [-0.1, -0.05) is 36.4 Å². The van der Waals surface area contributed by atoms with Gasteiger partial charge >= 0.3 is 0 Å². The molecule has 4 aliphatic rings. The van der Waals surface area contributed by atoms with Crippen LogP contribution in [0.3, 0.4) is 0 Å². The van der Waals surface area contributed by atoms with Crippen molar-refractivity contribution >= 4 is 83.7 Å². The standard InChI is InChI=1S/2C17H23N3OS.2ClH.H2O/c2*1-18-7-9-20(10-8-18)15-6-4-3-5-14(15)13-16-17(21)19(2)11-12-22-16;;;/h2*3-6,13H,7-12H2,1-2H3;2*1H;1H2. The van der Waals surface area contributed by atoms with E-state index in [0.29, 0.717) is 0 Å². The highest BCUT2D eigenvalue weighted by Gasteiger charge is 2.23. The van der Waals surface area contributed by atoms with Gasteiger partial charge in [-0.15, -0.1) is 48.3 Å². The second kappa shape index (κ2) is 19.6. The Morgan fingerprint density at radius 1 is 0.532 bits per heavy atom. The lowest BCUT2D eigenvalue weighted by molar-refractivity contribution is -0.125. The van der Waals surface area contributed by atoms with E-state index in [2.05, 4.69) is 82.2 Å². The number of carbonyl (C=O) groups is 2. The number of piperazine rings is 2. The minimum atomic E-state index is 0. The van der Waals surface area contributed by atoms with Gasteiger partial charge in [0.2, 0.25) is 0 Å². The molecule has 13 heteroatoms. The second-order valence-corrected chi connectivity index (χ2v) is 14.1. The molecule has 4 fully saturated rings. The van der Waals surface area contributed by atoms with Crippen molar-refractivity contribution < 1.29 is 15.1 Å². The van der Waals surface area contributed by atoms with Crippen LogP contribution in [0.5, 0.6) is 0 Å². The first kappa shape index (κ1) is 40.8. The van der Waals surface area contributed by atoms with Gasteiger partial charge in [0, 0.05) is 102 Å². The van der Waals surface area contributed by atoms with E-state index in [-0.39, 0.29) is 42.1 Å². The molecular formula is C34H50Cl2N6O3S2. The van der Waals surface area contributed by atoms with E-state index in [1.165, 1.54) is 11.4 Å². The molecule has 2 N–H and O–H groups in total. The highest BCUT2D eigenvalue weighted by molar-refractivity contribution is 8.04. The van der Waals surface area contributed by atoms with Gasteiger partial charge in [0.1, 0.15) is 0 Å². The van der Waals surface area contributed by atoms with Crippen LogP contribution in [0.4, 0.5) is 11.4 Å². The minimum Gasteiger partial charge on any atom is -0.412 e. The van der Waals surface area contributed by atoms with E-state index >= 15 is 0 Å². The fraction of sp³-hybridized carbons (Fsp3) is 0.471. The molecule has 0 aliphatic carbocycles. The third-order valence-electron chi connectivity index (χ3n) is 8.62. The third-order valence-corrected chi connectivity index (χ3v) is 10.6. The number of anilines is 2. The Balaban J connectivity index is 0.000000307. The predicted molar refractivity (Wildman–Crippen MR) is 207 cm³/mol. The van der Waals surface area contributed by atoms with Crippen LogP contribution in [0.15, 0.2) is 58.3 Å². The Morgan fingerprint density at radius 2 is 0.872 bits per heavy atom. The molecule has 0 spiro atoms. The number of hydrogen-bond acceptors (Lipinski definition) is 8. The van der Waals surface area contributed by atoms with Gasteiger partial charge < -0.3 is 34.9 Å². The predicted octanol–water partition coefficient (Wildman–Crippen LogP) is 3.99. The summed E-state index contributed by atoms with van der Waals surface area (Å²) in [5.41, 5.74) is 4.78. The summed E-state index contributed by atoms with van der Waals surface area (Å²) in [6, 6.07) is 16.8. The smallest absolute Gasteiger partial charge is 0.260 e. The monoisotopic (exact) mass is 724 g/mol. The third kappa shape index (κ3) is 10.8. The Morgan fingerprint density at radius 3 is 1.23 bits per heavy atom. The minimum absolute atomic E-state index is 0. The normalized spacial score (nSPS) is 21.0. The number of benzene rings is 2. The Kier molecular flexibility index (Phi) is 17.0. The van der Waals surface area contributed by atoms with Crippen LogP contribution in [0.25, 0.3) is 12.2 Å². The number of hydrogen-bond donors (Lipinski definition) is 0. The van der Waals surface area contributed by atoms with Crippen molar-refractivity contribution in [2.24, 2.45) is 0 Å². The SMILES string of the molecule is CN1CCN(c2ccccc2C=C2SCCN(C)C2=O)CC1.CN1CCN(c2ccccc2C=C2SCCN(C)C2=O)CC1.Cl.Cl.O. The van der Waals surface area contributed by atoms with Crippen LogP contribution >= 0.6 is 48.3 Å². The van der Waals surface area contributed by atoms with Crippen LogP contribution in [0.1, 0.15) is 11.1 Å². The largest absolute Gasteiger partial charge is 0.412 e. The molecule has 0 saturated carbocycles. The molecule has 2 amide bonds. The lowest BCUT2D eigenvalue weighted by Gasteiger charge is -2.35. The van der Waals surface area contributed by atoms with E-state index < -0.39 is 0 Å². The molecule has 0 unspecified atom stereocenters. The molecule has 4 heterocycles. The molecule has 47 heavy (non-hydrogen) atoms. The van der Waals surface area contributed by atoms with Crippen LogP contribution in [-0.2, 0) is 9.59 Å². The van der Waals surface area contributed by atoms with Gasteiger partial charge in [0.25, 0.3) is 11.8 Å². The number of nitrogens with zero attached hydrogens (tertiary/aromatic N) is 6. The second-order valence-electron chi connectivity index (χ2n) is 11.9. The van der Waals surface area contributed by atoms with E-state index in [0.717, 1.165) is 97.9 Å². The molecular weight excluding hydrogens is 675 g/mol. The molecule has 6 rings (SSSR count). The Labute approximate surface area is 301 Å². The van der Waals surface area contributed by atoms with Crippen molar-refractivity contribution in [2.75, 3.05) is 115 Å². The lowest BCUT2D eigenvalue weighted by Crippen LogP contribution is -2.44. The molecule has 9 nitrogen and oxygen atoms in total. The van der Waals surface area contributed by atoms with E-state index in [1.807, 2.05) is 26.2 Å². The number of carbonyl (C=O) groups excluding carboxylic acids is 2. The molecule has 0 bridgehead atoms. The molecule has 0 atom stereocenters. The lowest BCUT2D eigenvalue weighted by atomic mass is 10.1. The maximum absolute atomic E-state index is 12.3. The number of halogens is 2. The number of amides is 2. The molecule has 260 valence electrons. The molecule has 0 radical (unpaired) electrons. The summed E-state index contributed by atoms with van der Waals surface area (Å²) in [6.07, 6.45) is 4.13. The van der Waals surface area contributed by atoms with E-state index in [4.69, 9.17) is 0 Å². The van der Waals surface area contributed by atoms with Gasteiger partial charge in [0.15, 0.2) is 0 Å². The maximum atomic E-state index is 12.3. The number of rotatable bonds is 4. The van der Waals surface area contributed by atoms with Crippen molar-refractivity contribution in [3.8, 4) is 0 Å². The van der Waals surface area contributed by atoms with Crippen molar-refractivity contribution in [1.29, 1.82) is 0 Å². The Hall–Kier alpha value is -2.38. The summed E-state index contributed by atoms with van der Waals surface area (Å²) in [7, 11) is 8.08. The van der Waals surface area contributed by atoms with Crippen molar-refractivity contribution in [3.05, 3.63) is 69.5 Å². The fourth-order valence-corrected chi connectivity index (χ4v) is 7.82. The quantitative estimate of drug-likeness (QED) is 0.438. The zero-order valence-corrected chi connectivity index (χ0v) is 31.2. The van der Waals surface area contributed by atoms with Crippen LogP contribution < -0.4 is 9.80 Å². The summed E-state index contributed by atoms with van der Waals surface area (Å²) >= 11 is 3.34. The number of likely N-dealkylation sites (N-methyl/N-ethyl adjacent to an activating group) is 4. The van der Waals surface area contributed by atoms with Gasteiger partial charge in [-0.05, 0) is 49.5 Å². The number of para-hydroxylation sites is 2. The highest BCUT2D eigenvalue weighted by atomic mass is 35.5. The summed E-state index contributed by atoms with van der Waals surface area (Å²) in [5.74, 6) is 2.24. The Bertz CT molecular complexity index is 1280. The van der Waals surface area contributed by atoms with Gasteiger partial charge in [0.05, 0.1) is 9.81 Å². The zero-order valence-electron chi connectivity index (χ0n) is 27.9. The average Bonchev–Trinajstić information content (AvgIpc) is 3.03. The first-order chi connectivity index (χ1) is 21.3. The van der Waals surface area contributed by atoms with Crippen molar-refractivity contribution in [2.45, 2.75) is 0 Å². The number of thioether (sulfide) groups is 2. The van der Waals surface area contributed by atoms with Crippen molar-refractivity contribution in [3.63, 3.8) is 0 Å². The fourth-order valence-electron chi connectivity index (χ4n) is 5.67. The summed E-state index contributed by atoms with van der Waals surface area (Å²) in [6.45, 7) is 10.2.